The van der Waals surface area contributed by atoms with Gasteiger partial charge in [0.15, 0.2) is 0 Å². The van der Waals surface area contributed by atoms with Crippen LogP contribution in [0.1, 0.15) is 6.92 Å². The number of nitrogens with two attached hydrogens (primary N) is 1. The van der Waals surface area contributed by atoms with Gasteiger partial charge in [0.25, 0.3) is 0 Å². The van der Waals surface area contributed by atoms with E-state index in [-0.39, 0.29) is 0 Å². The summed E-state index contributed by atoms with van der Waals surface area (Å²) in [5.74, 6) is -0.408. The summed E-state index contributed by atoms with van der Waals surface area (Å²) < 4.78 is 0. The number of benzene rings is 2. The van der Waals surface area contributed by atoms with Crippen LogP contribution < -0.4 is 16.0 Å². The Labute approximate surface area is 128 Å². The quantitative estimate of drug-likeness (QED) is 0.589. The van der Waals surface area contributed by atoms with Crippen molar-refractivity contribution >= 4 is 41.6 Å². The van der Waals surface area contributed by atoms with Crippen LogP contribution in [0, 0.1) is 0 Å². The van der Waals surface area contributed by atoms with Gasteiger partial charge in [0.05, 0.1) is 11.4 Å². The number of para-hydroxylation sites is 1. The average molecular weight is 301 g/mol. The topological polar surface area (TPSA) is 75.4 Å². The number of amides is 3. The summed E-state index contributed by atoms with van der Waals surface area (Å²) in [7, 11) is 0. The van der Waals surface area contributed by atoms with Crippen LogP contribution in [0.25, 0.3) is 0 Å². The number of hydrogen-bond donors (Lipinski definition) is 3. The van der Waals surface area contributed by atoms with Gasteiger partial charge < -0.3 is 11.1 Å². The summed E-state index contributed by atoms with van der Waals surface area (Å²) >= 11 is 4.26. The Morgan fingerprint density at radius 1 is 1.14 bits per heavy atom. The molecule has 5 nitrogen and oxygen atoms in total. The SMILES string of the molecule is CC(=O)N(C(=O)Nc1ccccc1S)c1cccc(N)c1. The maximum absolute atomic E-state index is 12.3. The van der Waals surface area contributed by atoms with Crippen molar-refractivity contribution in [1.82, 2.24) is 0 Å². The highest BCUT2D eigenvalue weighted by molar-refractivity contribution is 7.80. The highest BCUT2D eigenvalue weighted by Crippen LogP contribution is 2.22. The number of nitrogens with one attached hydrogen (secondary N) is 1. The van der Waals surface area contributed by atoms with Gasteiger partial charge >= 0.3 is 6.03 Å². The third kappa shape index (κ3) is 3.55. The summed E-state index contributed by atoms with van der Waals surface area (Å²) in [6.07, 6.45) is 0. The van der Waals surface area contributed by atoms with Gasteiger partial charge in [0.2, 0.25) is 5.91 Å². The summed E-state index contributed by atoms with van der Waals surface area (Å²) in [6.45, 7) is 1.31. The molecule has 0 heterocycles. The fourth-order valence-electron chi connectivity index (χ4n) is 1.86. The Morgan fingerprint density at radius 3 is 2.48 bits per heavy atom. The second kappa shape index (κ2) is 6.32. The largest absolute Gasteiger partial charge is 0.399 e. The molecule has 0 spiro atoms. The molecule has 2 rings (SSSR count). The van der Waals surface area contributed by atoms with E-state index in [0.717, 1.165) is 4.90 Å². The predicted molar refractivity (Wildman–Crippen MR) is 86.7 cm³/mol. The molecule has 0 atom stereocenters. The lowest BCUT2D eigenvalue weighted by Crippen LogP contribution is -2.38. The first-order valence-electron chi connectivity index (χ1n) is 6.24. The minimum absolute atomic E-state index is 0.408. The monoisotopic (exact) mass is 301 g/mol. The number of nitrogens with zero attached hydrogens (tertiary/aromatic N) is 1. The highest BCUT2D eigenvalue weighted by Gasteiger charge is 2.20. The Kier molecular flexibility index (Phi) is 4.49. The number of urea groups is 1. The molecule has 0 bridgehead atoms. The van der Waals surface area contributed by atoms with Gasteiger partial charge in [-0.25, -0.2) is 9.69 Å². The normalized spacial score (nSPS) is 10.0. The maximum Gasteiger partial charge on any atom is 0.333 e. The molecule has 0 aromatic heterocycles. The minimum Gasteiger partial charge on any atom is -0.399 e. The predicted octanol–water partition coefficient (Wildman–Crippen LogP) is 3.14. The van der Waals surface area contributed by atoms with Gasteiger partial charge in [0, 0.05) is 17.5 Å². The molecule has 0 fully saturated rings. The second-order valence-electron chi connectivity index (χ2n) is 4.40. The molecule has 2 aromatic rings. The van der Waals surface area contributed by atoms with E-state index in [9.17, 15) is 9.59 Å². The van der Waals surface area contributed by atoms with Crippen LogP contribution in [0.2, 0.25) is 0 Å². The van der Waals surface area contributed by atoms with Gasteiger partial charge in [-0.2, -0.15) is 0 Å². The zero-order chi connectivity index (χ0) is 15.4. The second-order valence-corrected chi connectivity index (χ2v) is 4.88. The molecule has 2 aromatic carbocycles. The van der Waals surface area contributed by atoms with Crippen molar-refractivity contribution in [3.8, 4) is 0 Å². The van der Waals surface area contributed by atoms with Crippen molar-refractivity contribution in [2.24, 2.45) is 0 Å². The van der Waals surface area contributed by atoms with E-state index in [1.165, 1.54) is 6.92 Å². The van der Waals surface area contributed by atoms with Crippen LogP contribution in [0.3, 0.4) is 0 Å². The van der Waals surface area contributed by atoms with Crippen LogP contribution >= 0.6 is 12.6 Å². The molecular weight excluding hydrogens is 286 g/mol. The van der Waals surface area contributed by atoms with Gasteiger partial charge in [-0.05, 0) is 30.3 Å². The van der Waals surface area contributed by atoms with Crippen molar-refractivity contribution in [2.75, 3.05) is 16.0 Å². The molecule has 3 N–H and O–H groups in total. The Balaban J connectivity index is 2.29. The van der Waals surface area contributed by atoms with Gasteiger partial charge in [0.1, 0.15) is 0 Å². The van der Waals surface area contributed by atoms with E-state index in [2.05, 4.69) is 17.9 Å². The fourth-order valence-corrected chi connectivity index (χ4v) is 2.07. The molecule has 0 saturated carbocycles. The molecule has 0 aliphatic rings. The van der Waals surface area contributed by atoms with Crippen molar-refractivity contribution in [1.29, 1.82) is 0 Å². The van der Waals surface area contributed by atoms with Crippen LogP contribution in [-0.4, -0.2) is 11.9 Å². The van der Waals surface area contributed by atoms with E-state index < -0.39 is 11.9 Å². The summed E-state index contributed by atoms with van der Waals surface area (Å²) in [5, 5.41) is 2.66. The fraction of sp³-hybridized carbons (Fsp3) is 0.0667. The number of anilines is 3. The van der Waals surface area contributed by atoms with E-state index in [0.29, 0.717) is 22.0 Å². The van der Waals surface area contributed by atoms with Gasteiger partial charge in [-0.3, -0.25) is 4.79 Å². The average Bonchev–Trinajstić information content (AvgIpc) is 2.41. The number of nitrogen functional groups attached to an aromatic ring is 1. The third-order valence-electron chi connectivity index (χ3n) is 2.79. The number of hydrogen-bond acceptors (Lipinski definition) is 4. The molecule has 0 saturated heterocycles. The maximum atomic E-state index is 12.3. The third-order valence-corrected chi connectivity index (χ3v) is 3.18. The molecular formula is C15H15N3O2S. The van der Waals surface area contributed by atoms with Crippen molar-refractivity contribution < 1.29 is 9.59 Å². The first-order chi connectivity index (χ1) is 9.99. The zero-order valence-electron chi connectivity index (χ0n) is 11.4. The van der Waals surface area contributed by atoms with E-state index in [1.807, 2.05) is 0 Å². The van der Waals surface area contributed by atoms with E-state index in [1.54, 1.807) is 48.5 Å². The van der Waals surface area contributed by atoms with Crippen LogP contribution in [0.5, 0.6) is 0 Å². The molecule has 6 heteroatoms. The summed E-state index contributed by atoms with van der Waals surface area (Å²) in [4.78, 5) is 25.8. The number of imide groups is 1. The number of rotatable bonds is 2. The van der Waals surface area contributed by atoms with Crippen molar-refractivity contribution in [2.45, 2.75) is 11.8 Å². The van der Waals surface area contributed by atoms with E-state index in [4.69, 9.17) is 5.73 Å². The minimum atomic E-state index is -0.561. The zero-order valence-corrected chi connectivity index (χ0v) is 12.3. The van der Waals surface area contributed by atoms with Crippen LogP contribution in [0.15, 0.2) is 53.4 Å². The molecule has 0 aliphatic heterocycles. The Morgan fingerprint density at radius 2 is 1.86 bits per heavy atom. The molecule has 21 heavy (non-hydrogen) atoms. The number of carbonyl (C=O) groups excluding carboxylic acids is 2. The standard InChI is InChI=1S/C15H15N3O2S/c1-10(19)18(12-6-4-5-11(16)9-12)15(20)17-13-7-2-3-8-14(13)21/h2-9,21H,16H2,1H3,(H,17,20). The lowest BCUT2D eigenvalue weighted by atomic mass is 10.2. The first-order valence-corrected chi connectivity index (χ1v) is 6.69. The van der Waals surface area contributed by atoms with E-state index >= 15 is 0 Å². The molecule has 0 unspecified atom stereocenters. The van der Waals surface area contributed by atoms with Crippen molar-refractivity contribution in [3.05, 3.63) is 48.5 Å². The lowest BCUT2D eigenvalue weighted by molar-refractivity contribution is -0.115. The lowest BCUT2D eigenvalue weighted by Gasteiger charge is -2.20. The molecule has 3 amide bonds. The highest BCUT2D eigenvalue weighted by atomic mass is 32.1. The summed E-state index contributed by atoms with van der Waals surface area (Å²) in [5.41, 5.74) is 7.11. The molecule has 0 radical (unpaired) electrons. The number of carbonyl (C=O) groups is 2. The van der Waals surface area contributed by atoms with Crippen molar-refractivity contribution in [3.63, 3.8) is 0 Å². The van der Waals surface area contributed by atoms with Gasteiger partial charge in [-0.1, -0.05) is 18.2 Å². The molecule has 0 aliphatic carbocycles. The Bertz CT molecular complexity index is 688. The Hall–Kier alpha value is -2.47. The number of thiol groups is 1. The van der Waals surface area contributed by atoms with Crippen LogP contribution in [-0.2, 0) is 4.79 Å². The van der Waals surface area contributed by atoms with Gasteiger partial charge in [-0.15, -0.1) is 12.6 Å². The summed E-state index contributed by atoms with van der Waals surface area (Å²) in [6, 6.07) is 13.0. The smallest absolute Gasteiger partial charge is 0.333 e. The first kappa shape index (κ1) is 14.9. The molecule has 108 valence electrons. The van der Waals surface area contributed by atoms with Crippen LogP contribution in [0.4, 0.5) is 21.9 Å².